The molecule has 0 aromatic heterocycles. The Kier molecular flexibility index (Phi) is 4.33. The maximum Gasteiger partial charge on any atom is 0.202 e. The zero-order chi connectivity index (χ0) is 8.15. The molecule has 1 radical (unpaired) electrons. The SMILES string of the molecule is CC(C)CC([C]=O)C(C)C. The van der Waals surface area contributed by atoms with Crippen LogP contribution in [-0.2, 0) is 4.79 Å². The summed E-state index contributed by atoms with van der Waals surface area (Å²) in [6.45, 7) is 8.40. The fraction of sp³-hybridized carbons (Fsp3) is 0.889. The summed E-state index contributed by atoms with van der Waals surface area (Å²) < 4.78 is 0. The van der Waals surface area contributed by atoms with E-state index in [1.54, 1.807) is 0 Å². The molecular weight excluding hydrogens is 124 g/mol. The van der Waals surface area contributed by atoms with Crippen molar-refractivity contribution >= 4 is 6.29 Å². The summed E-state index contributed by atoms with van der Waals surface area (Å²) in [5.74, 6) is 1.19. The van der Waals surface area contributed by atoms with Crippen LogP contribution in [-0.4, -0.2) is 6.29 Å². The van der Waals surface area contributed by atoms with Crippen LogP contribution in [0.15, 0.2) is 0 Å². The second-order valence-corrected chi connectivity index (χ2v) is 3.60. The van der Waals surface area contributed by atoms with E-state index < -0.39 is 0 Å². The van der Waals surface area contributed by atoms with Crippen molar-refractivity contribution in [2.45, 2.75) is 34.1 Å². The van der Waals surface area contributed by atoms with Gasteiger partial charge in [-0.15, -0.1) is 0 Å². The smallest absolute Gasteiger partial charge is 0.202 e. The minimum absolute atomic E-state index is 0.139. The summed E-state index contributed by atoms with van der Waals surface area (Å²) in [5, 5.41) is 0. The van der Waals surface area contributed by atoms with Gasteiger partial charge in [-0.25, -0.2) is 0 Å². The maximum absolute atomic E-state index is 10.4. The second-order valence-electron chi connectivity index (χ2n) is 3.60. The van der Waals surface area contributed by atoms with Crippen LogP contribution in [0.1, 0.15) is 34.1 Å². The van der Waals surface area contributed by atoms with Gasteiger partial charge in [0.25, 0.3) is 0 Å². The zero-order valence-corrected chi connectivity index (χ0v) is 7.35. The van der Waals surface area contributed by atoms with Crippen LogP contribution in [0.4, 0.5) is 0 Å². The molecule has 0 bridgehead atoms. The van der Waals surface area contributed by atoms with Gasteiger partial charge in [-0.2, -0.15) is 0 Å². The van der Waals surface area contributed by atoms with Crippen LogP contribution in [0.2, 0.25) is 0 Å². The van der Waals surface area contributed by atoms with Gasteiger partial charge >= 0.3 is 0 Å². The second kappa shape index (κ2) is 4.48. The highest BCUT2D eigenvalue weighted by molar-refractivity contribution is 5.54. The third kappa shape index (κ3) is 3.65. The van der Waals surface area contributed by atoms with E-state index in [-0.39, 0.29) is 5.92 Å². The van der Waals surface area contributed by atoms with E-state index >= 15 is 0 Å². The molecule has 0 fully saturated rings. The van der Waals surface area contributed by atoms with Gasteiger partial charge in [0.1, 0.15) is 0 Å². The van der Waals surface area contributed by atoms with Crippen molar-refractivity contribution in [3.63, 3.8) is 0 Å². The monoisotopic (exact) mass is 141 g/mol. The van der Waals surface area contributed by atoms with E-state index in [1.165, 1.54) is 0 Å². The fourth-order valence-corrected chi connectivity index (χ4v) is 0.964. The van der Waals surface area contributed by atoms with Gasteiger partial charge in [-0.3, -0.25) is 4.79 Å². The van der Waals surface area contributed by atoms with Gasteiger partial charge in [0, 0.05) is 5.92 Å². The van der Waals surface area contributed by atoms with Gasteiger partial charge in [0.15, 0.2) is 0 Å². The first-order valence-electron chi connectivity index (χ1n) is 3.95. The summed E-state index contributed by atoms with van der Waals surface area (Å²) in [6, 6.07) is 0. The highest BCUT2D eigenvalue weighted by Gasteiger charge is 2.14. The molecule has 1 atom stereocenters. The van der Waals surface area contributed by atoms with Crippen LogP contribution >= 0.6 is 0 Å². The lowest BCUT2D eigenvalue weighted by Gasteiger charge is -2.14. The summed E-state index contributed by atoms with van der Waals surface area (Å²) >= 11 is 0. The van der Waals surface area contributed by atoms with Crippen molar-refractivity contribution in [1.82, 2.24) is 0 Å². The molecule has 1 heteroatoms. The molecule has 0 saturated heterocycles. The third-order valence-electron chi connectivity index (χ3n) is 1.68. The Hall–Kier alpha value is -0.330. The lowest BCUT2D eigenvalue weighted by Crippen LogP contribution is -2.12. The van der Waals surface area contributed by atoms with E-state index in [0.29, 0.717) is 11.8 Å². The summed E-state index contributed by atoms with van der Waals surface area (Å²) in [6.07, 6.45) is 3.06. The van der Waals surface area contributed by atoms with Crippen LogP contribution in [0.25, 0.3) is 0 Å². The number of rotatable bonds is 4. The quantitative estimate of drug-likeness (QED) is 0.587. The molecule has 0 aliphatic heterocycles. The topological polar surface area (TPSA) is 17.1 Å². The van der Waals surface area contributed by atoms with Crippen LogP contribution < -0.4 is 0 Å². The van der Waals surface area contributed by atoms with E-state index in [1.807, 2.05) is 0 Å². The average Bonchev–Trinajstić information content (AvgIpc) is 1.81. The first-order chi connectivity index (χ1) is 4.57. The maximum atomic E-state index is 10.4. The lowest BCUT2D eigenvalue weighted by molar-refractivity contribution is 0.381. The fourth-order valence-electron chi connectivity index (χ4n) is 0.964. The van der Waals surface area contributed by atoms with E-state index in [4.69, 9.17) is 0 Å². The average molecular weight is 141 g/mol. The Labute approximate surface area is 63.8 Å². The Morgan fingerprint density at radius 3 is 1.80 bits per heavy atom. The van der Waals surface area contributed by atoms with E-state index in [2.05, 4.69) is 34.0 Å². The Morgan fingerprint density at radius 1 is 1.20 bits per heavy atom. The van der Waals surface area contributed by atoms with E-state index in [0.717, 1.165) is 6.42 Å². The molecule has 0 heterocycles. The van der Waals surface area contributed by atoms with Gasteiger partial charge in [-0.05, 0) is 18.3 Å². The van der Waals surface area contributed by atoms with Gasteiger partial charge in [-0.1, -0.05) is 27.7 Å². The predicted octanol–water partition coefficient (Wildman–Crippen LogP) is 2.41. The minimum Gasteiger partial charge on any atom is -0.291 e. The van der Waals surface area contributed by atoms with Crippen molar-refractivity contribution in [3.05, 3.63) is 0 Å². The molecular formula is C9H17O. The number of hydrogen-bond donors (Lipinski definition) is 0. The highest BCUT2D eigenvalue weighted by atomic mass is 16.1. The summed E-state index contributed by atoms with van der Waals surface area (Å²) in [4.78, 5) is 10.4. The minimum atomic E-state index is 0.139. The van der Waals surface area contributed by atoms with Crippen LogP contribution in [0.5, 0.6) is 0 Å². The highest BCUT2D eigenvalue weighted by Crippen LogP contribution is 2.17. The Bertz CT molecular complexity index is 94.9. The summed E-state index contributed by atoms with van der Waals surface area (Å²) in [5.41, 5.74) is 0. The van der Waals surface area contributed by atoms with E-state index in [9.17, 15) is 4.79 Å². The van der Waals surface area contributed by atoms with Crippen molar-refractivity contribution < 1.29 is 4.79 Å². The molecule has 59 valence electrons. The molecule has 0 rings (SSSR count). The first kappa shape index (κ1) is 9.67. The first-order valence-corrected chi connectivity index (χ1v) is 3.95. The Morgan fingerprint density at radius 2 is 1.70 bits per heavy atom. The zero-order valence-electron chi connectivity index (χ0n) is 7.35. The van der Waals surface area contributed by atoms with Crippen molar-refractivity contribution in [3.8, 4) is 0 Å². The molecule has 0 aromatic rings. The van der Waals surface area contributed by atoms with Gasteiger partial charge in [0.2, 0.25) is 6.29 Å². The molecule has 0 spiro atoms. The largest absolute Gasteiger partial charge is 0.291 e. The normalized spacial score (nSPS) is 14.2. The number of carbonyl (C=O) groups excluding carboxylic acids is 1. The molecule has 0 amide bonds. The molecule has 1 unspecified atom stereocenters. The number of hydrogen-bond acceptors (Lipinski definition) is 1. The lowest BCUT2D eigenvalue weighted by atomic mass is 9.89. The molecule has 1 nitrogen and oxygen atoms in total. The molecule has 10 heavy (non-hydrogen) atoms. The molecule has 0 aromatic carbocycles. The molecule has 0 N–H and O–H groups in total. The summed E-state index contributed by atoms with van der Waals surface area (Å²) in [7, 11) is 0. The van der Waals surface area contributed by atoms with Gasteiger partial charge < -0.3 is 0 Å². The molecule has 0 saturated carbocycles. The molecule has 0 aliphatic rings. The van der Waals surface area contributed by atoms with Crippen LogP contribution in [0.3, 0.4) is 0 Å². The van der Waals surface area contributed by atoms with Crippen molar-refractivity contribution in [2.24, 2.45) is 17.8 Å². The van der Waals surface area contributed by atoms with Crippen molar-refractivity contribution in [2.75, 3.05) is 0 Å². The van der Waals surface area contributed by atoms with Crippen LogP contribution in [0, 0.1) is 17.8 Å². The standard InChI is InChI=1S/C9H17O/c1-7(2)5-9(6-10)8(3)4/h7-9H,5H2,1-4H3. The third-order valence-corrected chi connectivity index (χ3v) is 1.68. The molecule has 0 aliphatic carbocycles. The van der Waals surface area contributed by atoms with Crippen molar-refractivity contribution in [1.29, 1.82) is 0 Å². The predicted molar refractivity (Wildman–Crippen MR) is 43.5 cm³/mol. The Balaban J connectivity index is 3.71. The van der Waals surface area contributed by atoms with Gasteiger partial charge in [0.05, 0.1) is 0 Å².